The fourth-order valence-electron chi connectivity index (χ4n) is 3.47. The second-order valence-electron chi connectivity index (χ2n) is 7.30. The number of benzene rings is 2. The Morgan fingerprint density at radius 2 is 1.87 bits per heavy atom. The number of rotatable bonds is 7. The normalized spacial score (nSPS) is 21.0. The number of halogens is 1. The Kier molecular flexibility index (Phi) is 8.56. The first kappa shape index (κ1) is 22.6. The molecule has 160 valence electrons. The van der Waals surface area contributed by atoms with Crippen LogP contribution in [-0.2, 0) is 15.9 Å². The zero-order chi connectivity index (χ0) is 21.3. The van der Waals surface area contributed by atoms with Crippen molar-refractivity contribution in [3.05, 3.63) is 64.2 Å². The maximum absolute atomic E-state index is 10.1. The summed E-state index contributed by atoms with van der Waals surface area (Å²) in [6, 6.07) is 13.6. The first-order valence-corrected chi connectivity index (χ1v) is 10.4. The van der Waals surface area contributed by atoms with Crippen molar-refractivity contribution in [3.8, 4) is 17.6 Å². The van der Waals surface area contributed by atoms with Crippen LogP contribution in [0.15, 0.2) is 42.5 Å². The summed E-state index contributed by atoms with van der Waals surface area (Å²) in [7, 11) is 1.60. The zero-order valence-corrected chi connectivity index (χ0v) is 17.8. The molecule has 1 aliphatic heterocycles. The molecule has 6 heteroatoms. The molecule has 2 aromatic rings. The van der Waals surface area contributed by atoms with Crippen molar-refractivity contribution in [2.45, 2.75) is 37.6 Å². The van der Waals surface area contributed by atoms with Crippen LogP contribution in [-0.4, -0.2) is 49.4 Å². The average molecular weight is 431 g/mol. The maximum atomic E-state index is 10.1. The highest BCUT2D eigenvalue weighted by Crippen LogP contribution is 2.33. The summed E-state index contributed by atoms with van der Waals surface area (Å²) in [6.07, 6.45) is 0.559. The Labute approximate surface area is 182 Å². The summed E-state index contributed by atoms with van der Waals surface area (Å²) < 4.78 is 16.4. The molecule has 3 unspecified atom stereocenters. The Hall–Kier alpha value is -2.07. The van der Waals surface area contributed by atoms with Gasteiger partial charge in [-0.2, -0.15) is 0 Å². The third kappa shape index (κ3) is 6.46. The van der Waals surface area contributed by atoms with Crippen LogP contribution in [0.2, 0.25) is 5.02 Å². The van der Waals surface area contributed by atoms with E-state index in [1.165, 1.54) is 0 Å². The van der Waals surface area contributed by atoms with Crippen molar-refractivity contribution in [1.82, 2.24) is 0 Å². The number of hydrogen-bond acceptors (Lipinski definition) is 5. The third-order valence-electron chi connectivity index (χ3n) is 4.99. The SMILES string of the molecule is COCC#CCOc1ccc(Cc2cc(C3CC(O)CC(CO)O3)ccc2Cl)cc1. The number of methoxy groups -OCH3 is 1. The van der Waals surface area contributed by atoms with Crippen molar-refractivity contribution in [2.75, 3.05) is 26.9 Å². The topological polar surface area (TPSA) is 68.2 Å². The second-order valence-corrected chi connectivity index (χ2v) is 7.71. The van der Waals surface area contributed by atoms with Crippen LogP contribution in [0.4, 0.5) is 0 Å². The number of aliphatic hydroxyl groups is 2. The van der Waals surface area contributed by atoms with Gasteiger partial charge >= 0.3 is 0 Å². The van der Waals surface area contributed by atoms with E-state index in [0.717, 1.165) is 22.4 Å². The molecule has 5 nitrogen and oxygen atoms in total. The van der Waals surface area contributed by atoms with Crippen molar-refractivity contribution < 1.29 is 24.4 Å². The maximum Gasteiger partial charge on any atom is 0.149 e. The van der Waals surface area contributed by atoms with Gasteiger partial charge in [0.2, 0.25) is 0 Å². The van der Waals surface area contributed by atoms with Crippen LogP contribution in [0, 0.1) is 11.8 Å². The minimum atomic E-state index is -0.480. The molecule has 0 amide bonds. The molecule has 0 aliphatic carbocycles. The average Bonchev–Trinajstić information content (AvgIpc) is 2.75. The standard InChI is InChI=1S/C24H27ClO5/c1-28-10-2-3-11-29-21-7-4-17(5-8-21)12-19-13-18(6-9-23(19)25)24-15-20(27)14-22(16-26)30-24/h4-9,13,20,22,24,26-27H,10-12,14-16H2,1H3. The highest BCUT2D eigenvalue weighted by Gasteiger charge is 2.29. The van der Waals surface area contributed by atoms with Crippen molar-refractivity contribution in [3.63, 3.8) is 0 Å². The monoisotopic (exact) mass is 430 g/mol. The summed E-state index contributed by atoms with van der Waals surface area (Å²) in [6.45, 7) is 0.618. The van der Waals surface area contributed by atoms with Crippen molar-refractivity contribution in [1.29, 1.82) is 0 Å². The lowest BCUT2D eigenvalue weighted by molar-refractivity contribution is -0.113. The first-order valence-electron chi connectivity index (χ1n) is 9.98. The van der Waals surface area contributed by atoms with Gasteiger partial charge in [-0.3, -0.25) is 0 Å². The Morgan fingerprint density at radius 3 is 2.60 bits per heavy atom. The molecule has 3 rings (SSSR count). The van der Waals surface area contributed by atoms with E-state index in [2.05, 4.69) is 11.8 Å². The van der Waals surface area contributed by atoms with Gasteiger partial charge in [0.05, 0.1) is 24.9 Å². The van der Waals surface area contributed by atoms with E-state index >= 15 is 0 Å². The van der Waals surface area contributed by atoms with Crippen LogP contribution in [0.3, 0.4) is 0 Å². The van der Waals surface area contributed by atoms with Gasteiger partial charge in [-0.25, -0.2) is 0 Å². The molecule has 2 aromatic carbocycles. The lowest BCUT2D eigenvalue weighted by atomic mass is 9.94. The second kappa shape index (κ2) is 11.4. The van der Waals surface area contributed by atoms with Gasteiger partial charge in [0.1, 0.15) is 19.0 Å². The van der Waals surface area contributed by atoms with Gasteiger partial charge in [-0.05, 0) is 41.3 Å². The van der Waals surface area contributed by atoms with Gasteiger partial charge in [0, 0.05) is 25.0 Å². The Bertz CT molecular complexity index is 871. The van der Waals surface area contributed by atoms with E-state index in [0.29, 0.717) is 37.5 Å². The van der Waals surface area contributed by atoms with E-state index in [1.54, 1.807) is 7.11 Å². The van der Waals surface area contributed by atoms with E-state index in [4.69, 9.17) is 25.8 Å². The molecular weight excluding hydrogens is 404 g/mol. The predicted octanol–water partition coefficient (Wildman–Crippen LogP) is 3.53. The molecule has 1 saturated heterocycles. The largest absolute Gasteiger partial charge is 0.481 e. The Balaban J connectivity index is 1.65. The smallest absolute Gasteiger partial charge is 0.149 e. The lowest BCUT2D eigenvalue weighted by Crippen LogP contribution is -2.33. The fourth-order valence-corrected chi connectivity index (χ4v) is 3.65. The van der Waals surface area contributed by atoms with E-state index in [-0.39, 0.29) is 18.8 Å². The summed E-state index contributed by atoms with van der Waals surface area (Å²) in [4.78, 5) is 0. The molecule has 0 radical (unpaired) electrons. The van der Waals surface area contributed by atoms with Crippen LogP contribution >= 0.6 is 11.6 Å². The number of hydrogen-bond donors (Lipinski definition) is 2. The zero-order valence-electron chi connectivity index (χ0n) is 17.0. The van der Waals surface area contributed by atoms with Crippen LogP contribution in [0.1, 0.15) is 35.6 Å². The molecular formula is C24H27ClO5. The molecule has 1 aliphatic rings. The highest BCUT2D eigenvalue weighted by atomic mass is 35.5. The molecule has 3 atom stereocenters. The van der Waals surface area contributed by atoms with E-state index in [1.807, 2.05) is 42.5 Å². The summed E-state index contributed by atoms with van der Waals surface area (Å²) >= 11 is 6.43. The molecule has 0 spiro atoms. The van der Waals surface area contributed by atoms with E-state index in [9.17, 15) is 10.2 Å². The summed E-state index contributed by atoms with van der Waals surface area (Å²) in [5, 5.41) is 20.2. The number of ether oxygens (including phenoxy) is 3. The third-order valence-corrected chi connectivity index (χ3v) is 5.36. The number of aliphatic hydroxyl groups excluding tert-OH is 2. The molecule has 0 saturated carbocycles. The molecule has 0 aromatic heterocycles. The van der Waals surface area contributed by atoms with Gasteiger partial charge in [0.25, 0.3) is 0 Å². The molecule has 0 bridgehead atoms. The van der Waals surface area contributed by atoms with E-state index < -0.39 is 6.10 Å². The quantitative estimate of drug-likeness (QED) is 0.658. The predicted molar refractivity (Wildman–Crippen MR) is 116 cm³/mol. The van der Waals surface area contributed by atoms with Crippen LogP contribution < -0.4 is 4.74 Å². The molecule has 2 N–H and O–H groups in total. The molecule has 1 fully saturated rings. The van der Waals surface area contributed by atoms with Gasteiger partial charge in [-0.15, -0.1) is 0 Å². The van der Waals surface area contributed by atoms with Gasteiger partial charge in [-0.1, -0.05) is 47.7 Å². The molecule has 1 heterocycles. The van der Waals surface area contributed by atoms with Gasteiger partial charge < -0.3 is 24.4 Å². The molecule has 30 heavy (non-hydrogen) atoms. The summed E-state index contributed by atoms with van der Waals surface area (Å²) in [5.74, 6) is 6.48. The Morgan fingerprint density at radius 1 is 1.10 bits per heavy atom. The first-order chi connectivity index (χ1) is 14.6. The summed E-state index contributed by atoms with van der Waals surface area (Å²) in [5.41, 5.74) is 3.04. The lowest BCUT2D eigenvalue weighted by Gasteiger charge is -2.32. The van der Waals surface area contributed by atoms with Crippen LogP contribution in [0.25, 0.3) is 0 Å². The van der Waals surface area contributed by atoms with Crippen molar-refractivity contribution in [2.24, 2.45) is 0 Å². The van der Waals surface area contributed by atoms with Gasteiger partial charge in [0.15, 0.2) is 0 Å². The van der Waals surface area contributed by atoms with Crippen molar-refractivity contribution >= 4 is 11.6 Å². The van der Waals surface area contributed by atoms with Crippen LogP contribution in [0.5, 0.6) is 5.75 Å². The highest BCUT2D eigenvalue weighted by molar-refractivity contribution is 6.31. The minimum Gasteiger partial charge on any atom is -0.481 e. The minimum absolute atomic E-state index is 0.0968. The fraction of sp³-hybridized carbons (Fsp3) is 0.417.